The van der Waals surface area contributed by atoms with Crippen molar-refractivity contribution in [1.29, 1.82) is 0 Å². The molecule has 0 fully saturated rings. The molecule has 0 bridgehead atoms. The third kappa shape index (κ3) is 2.27. The van der Waals surface area contributed by atoms with Crippen LogP contribution in [-0.4, -0.2) is 9.78 Å². The van der Waals surface area contributed by atoms with Gasteiger partial charge in [0.25, 0.3) is 0 Å². The summed E-state index contributed by atoms with van der Waals surface area (Å²) in [5, 5.41) is 4.12. The van der Waals surface area contributed by atoms with E-state index < -0.39 is 5.82 Å². The van der Waals surface area contributed by atoms with E-state index in [1.165, 1.54) is 12.1 Å². The van der Waals surface area contributed by atoms with Crippen LogP contribution in [0.1, 0.15) is 5.56 Å². The Balaban J connectivity index is 2.21. The number of nitrogens with zero attached hydrogens (tertiary/aromatic N) is 2. The minimum absolute atomic E-state index is 0.124. The molecule has 0 unspecified atom stereocenters. The molecule has 1 aromatic carbocycles. The molecule has 5 heteroatoms. The monoisotopic (exact) mass is 225 g/mol. The van der Waals surface area contributed by atoms with Crippen LogP contribution < -0.4 is 5.73 Å². The predicted molar refractivity (Wildman–Crippen MR) is 57.2 cm³/mol. The van der Waals surface area contributed by atoms with Crippen LogP contribution in [0.5, 0.6) is 0 Å². The van der Waals surface area contributed by atoms with Crippen molar-refractivity contribution >= 4 is 17.4 Å². The van der Waals surface area contributed by atoms with Crippen LogP contribution in [0.4, 0.5) is 10.2 Å². The highest BCUT2D eigenvalue weighted by Crippen LogP contribution is 2.16. The summed E-state index contributed by atoms with van der Waals surface area (Å²) in [6.07, 6.45) is 1.74. The van der Waals surface area contributed by atoms with E-state index in [0.717, 1.165) is 5.56 Å². The highest BCUT2D eigenvalue weighted by atomic mass is 35.5. The van der Waals surface area contributed by atoms with Crippen molar-refractivity contribution in [2.24, 2.45) is 0 Å². The zero-order chi connectivity index (χ0) is 10.8. The first-order valence-corrected chi connectivity index (χ1v) is 4.76. The topological polar surface area (TPSA) is 43.8 Å². The minimum Gasteiger partial charge on any atom is -0.382 e. The van der Waals surface area contributed by atoms with Gasteiger partial charge in [0, 0.05) is 6.20 Å². The maximum absolute atomic E-state index is 13.1. The number of benzene rings is 1. The first kappa shape index (κ1) is 9.98. The highest BCUT2D eigenvalue weighted by Gasteiger charge is 2.02. The lowest BCUT2D eigenvalue weighted by molar-refractivity contribution is 0.620. The fraction of sp³-hybridized carbons (Fsp3) is 0.100. The van der Waals surface area contributed by atoms with E-state index >= 15 is 0 Å². The summed E-state index contributed by atoms with van der Waals surface area (Å²) >= 11 is 5.57. The van der Waals surface area contributed by atoms with Gasteiger partial charge in [-0.25, -0.2) is 4.39 Å². The van der Waals surface area contributed by atoms with Gasteiger partial charge < -0.3 is 5.73 Å². The zero-order valence-electron chi connectivity index (χ0n) is 7.82. The van der Waals surface area contributed by atoms with Gasteiger partial charge in [-0.1, -0.05) is 17.7 Å². The molecule has 15 heavy (non-hydrogen) atoms. The number of nitrogen functional groups attached to an aromatic ring is 1. The van der Waals surface area contributed by atoms with Crippen molar-refractivity contribution in [3.05, 3.63) is 46.9 Å². The molecular formula is C10H9ClFN3. The molecule has 78 valence electrons. The summed E-state index contributed by atoms with van der Waals surface area (Å²) in [6.45, 7) is 0.477. The van der Waals surface area contributed by atoms with E-state index in [9.17, 15) is 4.39 Å². The first-order valence-electron chi connectivity index (χ1n) is 4.38. The fourth-order valence-corrected chi connectivity index (χ4v) is 1.41. The molecule has 0 saturated heterocycles. The highest BCUT2D eigenvalue weighted by molar-refractivity contribution is 6.30. The number of aromatic nitrogens is 2. The van der Waals surface area contributed by atoms with E-state index in [1.54, 1.807) is 23.0 Å². The van der Waals surface area contributed by atoms with Gasteiger partial charge in [0.1, 0.15) is 11.6 Å². The number of halogens is 2. The summed E-state index contributed by atoms with van der Waals surface area (Å²) < 4.78 is 14.7. The lowest BCUT2D eigenvalue weighted by Crippen LogP contribution is -2.01. The summed E-state index contributed by atoms with van der Waals surface area (Å²) in [5.74, 6) is 0.0266. The van der Waals surface area contributed by atoms with Crippen molar-refractivity contribution in [1.82, 2.24) is 9.78 Å². The van der Waals surface area contributed by atoms with Gasteiger partial charge in [0.05, 0.1) is 11.6 Å². The first-order chi connectivity index (χ1) is 7.15. The Morgan fingerprint density at radius 1 is 1.40 bits per heavy atom. The number of anilines is 1. The molecule has 1 heterocycles. The van der Waals surface area contributed by atoms with Gasteiger partial charge in [-0.05, 0) is 23.8 Å². The molecule has 0 aliphatic heterocycles. The molecule has 0 radical (unpaired) electrons. The van der Waals surface area contributed by atoms with Gasteiger partial charge in [-0.15, -0.1) is 0 Å². The lowest BCUT2D eigenvalue weighted by Gasteiger charge is -2.02. The molecule has 0 aliphatic rings. The van der Waals surface area contributed by atoms with Crippen LogP contribution in [0.2, 0.25) is 5.02 Å². The number of hydrogen-bond acceptors (Lipinski definition) is 2. The van der Waals surface area contributed by atoms with Crippen molar-refractivity contribution in [3.63, 3.8) is 0 Å². The summed E-state index contributed by atoms with van der Waals surface area (Å²) in [5.41, 5.74) is 6.25. The smallest absolute Gasteiger partial charge is 0.145 e. The molecule has 2 N–H and O–H groups in total. The second kappa shape index (κ2) is 3.90. The Kier molecular flexibility index (Phi) is 2.60. The second-order valence-corrected chi connectivity index (χ2v) is 3.59. The molecule has 0 atom stereocenters. The largest absolute Gasteiger partial charge is 0.382 e. The maximum Gasteiger partial charge on any atom is 0.145 e. The molecule has 0 saturated carbocycles. The Morgan fingerprint density at radius 2 is 2.20 bits per heavy atom. The maximum atomic E-state index is 13.1. The molecule has 0 aliphatic carbocycles. The second-order valence-electron chi connectivity index (χ2n) is 3.19. The number of nitrogens with two attached hydrogens (primary N) is 1. The molecular weight excluding hydrogens is 217 g/mol. The van der Waals surface area contributed by atoms with Crippen LogP contribution in [0.25, 0.3) is 0 Å². The average Bonchev–Trinajstić information content (AvgIpc) is 2.58. The third-order valence-corrected chi connectivity index (χ3v) is 2.30. The van der Waals surface area contributed by atoms with Crippen molar-refractivity contribution in [2.75, 3.05) is 5.73 Å². The summed E-state index contributed by atoms with van der Waals surface area (Å²) in [7, 11) is 0. The Labute approximate surface area is 91.3 Å². The van der Waals surface area contributed by atoms with Gasteiger partial charge in [-0.2, -0.15) is 5.10 Å². The minimum atomic E-state index is -0.422. The van der Waals surface area contributed by atoms with Crippen molar-refractivity contribution < 1.29 is 4.39 Å². The average molecular weight is 226 g/mol. The lowest BCUT2D eigenvalue weighted by atomic mass is 10.2. The van der Waals surface area contributed by atoms with Crippen LogP contribution in [0.3, 0.4) is 0 Å². The summed E-state index contributed by atoms with van der Waals surface area (Å²) in [6, 6.07) is 6.36. The van der Waals surface area contributed by atoms with Crippen LogP contribution in [-0.2, 0) is 6.54 Å². The molecule has 0 spiro atoms. The standard InChI is InChI=1S/C10H9ClFN3/c11-8-2-1-7(5-9(8)12)6-15-4-3-10(13)14-15/h1-5H,6H2,(H2,13,14). The Hall–Kier alpha value is -1.55. The normalized spacial score (nSPS) is 10.5. The van der Waals surface area contributed by atoms with Gasteiger partial charge in [0.2, 0.25) is 0 Å². The van der Waals surface area contributed by atoms with E-state index in [0.29, 0.717) is 12.4 Å². The van der Waals surface area contributed by atoms with E-state index in [4.69, 9.17) is 17.3 Å². The Morgan fingerprint density at radius 3 is 2.80 bits per heavy atom. The number of hydrogen-bond donors (Lipinski definition) is 1. The molecule has 2 aromatic rings. The van der Waals surface area contributed by atoms with Gasteiger partial charge in [-0.3, -0.25) is 4.68 Å². The number of rotatable bonds is 2. The van der Waals surface area contributed by atoms with Gasteiger partial charge >= 0.3 is 0 Å². The quantitative estimate of drug-likeness (QED) is 0.853. The van der Waals surface area contributed by atoms with Crippen LogP contribution >= 0.6 is 11.6 Å². The SMILES string of the molecule is Nc1ccn(Cc2ccc(Cl)c(F)c2)n1. The fourth-order valence-electron chi connectivity index (χ4n) is 1.29. The Bertz CT molecular complexity index is 481. The molecule has 2 rings (SSSR count). The van der Waals surface area contributed by atoms with Gasteiger partial charge in [0.15, 0.2) is 0 Å². The predicted octanol–water partition coefficient (Wildman–Crippen LogP) is 2.31. The molecule has 1 aromatic heterocycles. The van der Waals surface area contributed by atoms with Crippen LogP contribution in [0, 0.1) is 5.82 Å². The third-order valence-electron chi connectivity index (χ3n) is 1.99. The van der Waals surface area contributed by atoms with Crippen LogP contribution in [0.15, 0.2) is 30.5 Å². The molecule has 0 amide bonds. The zero-order valence-corrected chi connectivity index (χ0v) is 8.58. The van der Waals surface area contributed by atoms with E-state index in [1.807, 2.05) is 0 Å². The summed E-state index contributed by atoms with van der Waals surface area (Å²) in [4.78, 5) is 0. The van der Waals surface area contributed by atoms with Crippen molar-refractivity contribution in [3.8, 4) is 0 Å². The van der Waals surface area contributed by atoms with Crippen molar-refractivity contribution in [2.45, 2.75) is 6.54 Å². The van der Waals surface area contributed by atoms with E-state index in [-0.39, 0.29) is 5.02 Å². The van der Waals surface area contributed by atoms with E-state index in [2.05, 4.69) is 5.10 Å². The molecule has 3 nitrogen and oxygen atoms in total.